The second kappa shape index (κ2) is 9.26. The lowest BCUT2D eigenvalue weighted by molar-refractivity contribution is -0.140. The largest absolute Gasteiger partial charge is 0.493 e. The van der Waals surface area contributed by atoms with Crippen LogP contribution in [0.4, 0.5) is 0 Å². The van der Waals surface area contributed by atoms with Crippen LogP contribution in [0.15, 0.2) is 61.2 Å². The van der Waals surface area contributed by atoms with E-state index < -0.39 is 12.1 Å². The van der Waals surface area contributed by atoms with Gasteiger partial charge in [-0.05, 0) is 35.4 Å². The highest BCUT2D eigenvalue weighted by Gasteiger charge is 2.07. The molecule has 1 N–H and O–H groups in total. The summed E-state index contributed by atoms with van der Waals surface area (Å²) in [6, 6.07) is 17.0. The molecule has 0 amide bonds. The first-order chi connectivity index (χ1) is 12.1. The van der Waals surface area contributed by atoms with Gasteiger partial charge in [-0.2, -0.15) is 5.26 Å². The number of hydrogen-bond acceptors (Lipinski definition) is 5. The average Bonchev–Trinajstić information content (AvgIpc) is 2.66. The van der Waals surface area contributed by atoms with Gasteiger partial charge in [-0.25, -0.2) is 4.79 Å². The van der Waals surface area contributed by atoms with Gasteiger partial charge >= 0.3 is 5.97 Å². The number of ether oxygens (including phenoxy) is 2. The third-order valence-corrected chi connectivity index (χ3v) is 3.51. The zero-order valence-electron chi connectivity index (χ0n) is 13.7. The molecule has 5 nitrogen and oxygen atoms in total. The van der Waals surface area contributed by atoms with Crippen molar-refractivity contribution in [2.24, 2.45) is 0 Å². The second-order valence-corrected chi connectivity index (χ2v) is 5.34. The van der Waals surface area contributed by atoms with Crippen molar-refractivity contribution in [2.75, 3.05) is 13.2 Å². The molecule has 0 heterocycles. The first-order valence-electron chi connectivity index (χ1n) is 7.83. The molecule has 0 fully saturated rings. The molecule has 0 spiro atoms. The van der Waals surface area contributed by atoms with Crippen molar-refractivity contribution in [1.29, 1.82) is 5.26 Å². The summed E-state index contributed by atoms with van der Waals surface area (Å²) >= 11 is 0. The van der Waals surface area contributed by atoms with Gasteiger partial charge in [0, 0.05) is 12.5 Å². The van der Waals surface area contributed by atoms with Crippen molar-refractivity contribution >= 4 is 5.97 Å². The van der Waals surface area contributed by atoms with Crippen LogP contribution in [0, 0.1) is 11.3 Å². The number of aliphatic hydroxyl groups is 1. The lowest BCUT2D eigenvalue weighted by Crippen LogP contribution is -2.20. The Balaban J connectivity index is 1.81. The minimum absolute atomic E-state index is 0.0775. The minimum Gasteiger partial charge on any atom is -0.493 e. The molecule has 0 saturated heterocycles. The van der Waals surface area contributed by atoms with E-state index >= 15 is 0 Å². The summed E-state index contributed by atoms with van der Waals surface area (Å²) < 4.78 is 10.3. The summed E-state index contributed by atoms with van der Waals surface area (Å²) in [5.41, 5.74) is 2.67. The normalized spacial score (nSPS) is 11.2. The summed E-state index contributed by atoms with van der Waals surface area (Å²) in [6.45, 7) is 3.51. The maximum atomic E-state index is 10.9. The van der Waals surface area contributed by atoms with E-state index in [4.69, 9.17) is 14.7 Å². The van der Waals surface area contributed by atoms with E-state index in [0.717, 1.165) is 17.2 Å². The Hall–Kier alpha value is -3.10. The molecule has 128 valence electrons. The minimum atomic E-state index is -0.776. The highest BCUT2D eigenvalue weighted by Crippen LogP contribution is 2.22. The fraction of sp³-hybridized carbons (Fsp3) is 0.200. The first kappa shape index (κ1) is 18.2. The molecule has 1 atom stereocenters. The molecule has 0 radical (unpaired) electrons. The van der Waals surface area contributed by atoms with E-state index in [0.29, 0.717) is 24.3 Å². The topological polar surface area (TPSA) is 79.6 Å². The zero-order chi connectivity index (χ0) is 18.1. The number of carbonyl (C=O) groups is 1. The van der Waals surface area contributed by atoms with Gasteiger partial charge in [-0.15, -0.1) is 0 Å². The van der Waals surface area contributed by atoms with Crippen LogP contribution >= 0.6 is 0 Å². The highest BCUT2D eigenvalue weighted by atomic mass is 16.5. The Kier molecular flexibility index (Phi) is 6.76. The van der Waals surface area contributed by atoms with Gasteiger partial charge in [0.1, 0.15) is 12.4 Å². The summed E-state index contributed by atoms with van der Waals surface area (Å²) in [4.78, 5) is 10.9. The lowest BCUT2D eigenvalue weighted by Gasteiger charge is -2.12. The Morgan fingerprint density at radius 2 is 1.76 bits per heavy atom. The number of esters is 1. The van der Waals surface area contributed by atoms with Crippen LogP contribution < -0.4 is 4.74 Å². The van der Waals surface area contributed by atoms with Gasteiger partial charge in [-0.1, -0.05) is 30.8 Å². The molecule has 2 aromatic carbocycles. The summed E-state index contributed by atoms with van der Waals surface area (Å²) in [7, 11) is 0. The number of carbonyl (C=O) groups excluding carboxylic acids is 1. The fourth-order valence-corrected chi connectivity index (χ4v) is 2.11. The van der Waals surface area contributed by atoms with Crippen LogP contribution in [0.2, 0.25) is 0 Å². The maximum absolute atomic E-state index is 10.9. The standard InChI is InChI=1S/C20H19NO4/c1-2-20(23)25-14-18(22)11-12-24-19-9-7-17(8-10-19)16-5-3-15(13-21)4-6-16/h2-10,18,22H,1,11-12,14H2. The molecule has 2 rings (SSSR count). The Morgan fingerprint density at radius 3 is 2.32 bits per heavy atom. The molecule has 5 heteroatoms. The number of rotatable bonds is 8. The second-order valence-electron chi connectivity index (χ2n) is 5.34. The van der Waals surface area contributed by atoms with Crippen molar-refractivity contribution < 1.29 is 19.4 Å². The molecular weight excluding hydrogens is 318 g/mol. The molecule has 1 unspecified atom stereocenters. The van der Waals surface area contributed by atoms with E-state index in [9.17, 15) is 9.90 Å². The number of nitrogens with zero attached hydrogens (tertiary/aromatic N) is 1. The van der Waals surface area contributed by atoms with Crippen LogP contribution in [-0.4, -0.2) is 30.4 Å². The van der Waals surface area contributed by atoms with Gasteiger partial charge in [-0.3, -0.25) is 0 Å². The number of hydrogen-bond donors (Lipinski definition) is 1. The Bertz CT molecular complexity index is 745. The van der Waals surface area contributed by atoms with E-state index in [2.05, 4.69) is 12.6 Å². The van der Waals surface area contributed by atoms with Gasteiger partial charge < -0.3 is 14.6 Å². The summed E-state index contributed by atoms with van der Waals surface area (Å²) in [5, 5.41) is 18.5. The molecule has 0 saturated carbocycles. The van der Waals surface area contributed by atoms with Crippen LogP contribution in [0.1, 0.15) is 12.0 Å². The number of nitriles is 1. The van der Waals surface area contributed by atoms with Gasteiger partial charge in [0.2, 0.25) is 0 Å². The molecular formula is C20H19NO4. The first-order valence-corrected chi connectivity index (χ1v) is 7.83. The van der Waals surface area contributed by atoms with Gasteiger partial charge in [0.15, 0.2) is 0 Å². The molecule has 0 bridgehead atoms. The highest BCUT2D eigenvalue weighted by molar-refractivity contribution is 5.81. The zero-order valence-corrected chi connectivity index (χ0v) is 13.7. The smallest absolute Gasteiger partial charge is 0.330 e. The van der Waals surface area contributed by atoms with E-state index in [-0.39, 0.29) is 6.61 Å². The van der Waals surface area contributed by atoms with E-state index in [1.165, 1.54) is 0 Å². The van der Waals surface area contributed by atoms with Crippen LogP contribution in [0.5, 0.6) is 5.75 Å². The van der Waals surface area contributed by atoms with Crippen LogP contribution in [0.25, 0.3) is 11.1 Å². The maximum Gasteiger partial charge on any atom is 0.330 e. The molecule has 0 aromatic heterocycles. The van der Waals surface area contributed by atoms with E-state index in [1.807, 2.05) is 36.4 Å². The molecule has 0 aliphatic carbocycles. The number of aliphatic hydroxyl groups excluding tert-OH is 1. The van der Waals surface area contributed by atoms with Gasteiger partial charge in [0.05, 0.1) is 24.3 Å². The fourth-order valence-electron chi connectivity index (χ4n) is 2.11. The quantitative estimate of drug-likeness (QED) is 0.591. The molecule has 25 heavy (non-hydrogen) atoms. The summed E-state index contributed by atoms with van der Waals surface area (Å²) in [5.74, 6) is 0.131. The predicted molar refractivity (Wildman–Crippen MR) is 93.9 cm³/mol. The lowest BCUT2D eigenvalue weighted by atomic mass is 10.0. The predicted octanol–water partition coefficient (Wildman–Crippen LogP) is 3.08. The van der Waals surface area contributed by atoms with E-state index in [1.54, 1.807) is 12.1 Å². The molecule has 0 aliphatic heterocycles. The molecule has 2 aromatic rings. The third-order valence-electron chi connectivity index (χ3n) is 3.51. The third kappa shape index (κ3) is 5.79. The van der Waals surface area contributed by atoms with Crippen LogP contribution in [0.3, 0.4) is 0 Å². The monoisotopic (exact) mass is 337 g/mol. The Morgan fingerprint density at radius 1 is 1.16 bits per heavy atom. The van der Waals surface area contributed by atoms with Crippen molar-refractivity contribution in [1.82, 2.24) is 0 Å². The SMILES string of the molecule is C=CC(=O)OCC(O)CCOc1ccc(-c2ccc(C#N)cc2)cc1. The molecule has 0 aliphatic rings. The van der Waals surface area contributed by atoms with Crippen molar-refractivity contribution in [3.63, 3.8) is 0 Å². The van der Waals surface area contributed by atoms with Crippen molar-refractivity contribution in [3.05, 3.63) is 66.7 Å². The van der Waals surface area contributed by atoms with Crippen molar-refractivity contribution in [2.45, 2.75) is 12.5 Å². The van der Waals surface area contributed by atoms with Crippen molar-refractivity contribution in [3.8, 4) is 22.9 Å². The van der Waals surface area contributed by atoms with Gasteiger partial charge in [0.25, 0.3) is 0 Å². The average molecular weight is 337 g/mol. The Labute approximate surface area is 146 Å². The summed E-state index contributed by atoms with van der Waals surface area (Å²) in [6.07, 6.45) is 0.627. The number of benzene rings is 2. The van der Waals surface area contributed by atoms with Crippen LogP contribution in [-0.2, 0) is 9.53 Å².